The molecule has 116 valence electrons. The molecule has 1 amide bonds. The van der Waals surface area contributed by atoms with E-state index in [4.69, 9.17) is 4.42 Å². The van der Waals surface area contributed by atoms with Gasteiger partial charge in [-0.2, -0.15) is 0 Å². The third-order valence-electron chi connectivity index (χ3n) is 4.93. The molecule has 1 aromatic heterocycles. The fourth-order valence-corrected chi connectivity index (χ4v) is 3.93. The van der Waals surface area contributed by atoms with Gasteiger partial charge in [0, 0.05) is 25.4 Å². The molecule has 2 aliphatic rings. The van der Waals surface area contributed by atoms with Gasteiger partial charge >= 0.3 is 0 Å². The first-order valence-electron chi connectivity index (χ1n) is 8.01. The van der Waals surface area contributed by atoms with E-state index in [2.05, 4.69) is 4.98 Å². The number of oxazole rings is 1. The summed E-state index contributed by atoms with van der Waals surface area (Å²) in [6.07, 6.45) is 5.82. The van der Waals surface area contributed by atoms with Crippen molar-refractivity contribution in [3.8, 4) is 0 Å². The number of piperidine rings is 1. The summed E-state index contributed by atoms with van der Waals surface area (Å²) in [4.78, 5) is 18.9. The van der Waals surface area contributed by atoms with Gasteiger partial charge in [-0.25, -0.2) is 4.98 Å². The largest absolute Gasteiger partial charge is 0.436 e. The maximum absolute atomic E-state index is 12.8. The molecular weight excluding hydrogens is 268 g/mol. The first-order valence-corrected chi connectivity index (χ1v) is 8.01. The molecule has 0 radical (unpaired) electrons. The normalized spacial score (nSPS) is 29.9. The second kappa shape index (κ2) is 5.79. The van der Waals surface area contributed by atoms with Crippen LogP contribution in [0.25, 0.3) is 0 Å². The van der Waals surface area contributed by atoms with Crippen LogP contribution in [0.3, 0.4) is 0 Å². The molecule has 1 saturated carbocycles. The summed E-state index contributed by atoms with van der Waals surface area (Å²) in [6.45, 7) is 4.33. The van der Waals surface area contributed by atoms with Crippen LogP contribution in [0.2, 0.25) is 0 Å². The number of hydrogen-bond acceptors (Lipinski definition) is 4. The van der Waals surface area contributed by atoms with Gasteiger partial charge in [0.15, 0.2) is 5.89 Å². The standard InChI is InChI=1S/C16H24N2O3/c1-10-15(21-11(2)17-10)16(20)18-9-4-3-7-13(18)12-6-5-8-14(12)19/h12-14,19H,3-9H2,1-2H3. The average Bonchev–Trinajstić information content (AvgIpc) is 3.03. The highest BCUT2D eigenvalue weighted by Crippen LogP contribution is 2.36. The maximum Gasteiger partial charge on any atom is 0.291 e. The number of likely N-dealkylation sites (tertiary alicyclic amines) is 1. The van der Waals surface area contributed by atoms with Crippen LogP contribution < -0.4 is 0 Å². The number of nitrogens with zero attached hydrogens (tertiary/aromatic N) is 2. The van der Waals surface area contributed by atoms with E-state index in [0.29, 0.717) is 17.3 Å². The van der Waals surface area contributed by atoms with Crippen LogP contribution in [0, 0.1) is 19.8 Å². The number of amides is 1. The van der Waals surface area contributed by atoms with Gasteiger partial charge < -0.3 is 14.4 Å². The van der Waals surface area contributed by atoms with Crippen LogP contribution in [-0.2, 0) is 0 Å². The third-order valence-corrected chi connectivity index (χ3v) is 4.93. The molecule has 1 N–H and O–H groups in total. The second-order valence-electron chi connectivity index (χ2n) is 6.37. The van der Waals surface area contributed by atoms with Gasteiger partial charge in [0.1, 0.15) is 0 Å². The van der Waals surface area contributed by atoms with Gasteiger partial charge in [0.25, 0.3) is 5.91 Å². The Kier molecular flexibility index (Phi) is 4.02. The van der Waals surface area contributed by atoms with Crippen LogP contribution in [0.1, 0.15) is 60.7 Å². The lowest BCUT2D eigenvalue weighted by atomic mass is 9.87. The van der Waals surface area contributed by atoms with Crippen molar-refractivity contribution < 1.29 is 14.3 Å². The van der Waals surface area contributed by atoms with Gasteiger partial charge in [-0.1, -0.05) is 6.42 Å². The van der Waals surface area contributed by atoms with Crippen LogP contribution in [0.4, 0.5) is 0 Å². The molecule has 5 heteroatoms. The zero-order valence-corrected chi connectivity index (χ0v) is 12.8. The Hall–Kier alpha value is -1.36. The molecule has 21 heavy (non-hydrogen) atoms. The fraction of sp³-hybridized carbons (Fsp3) is 0.750. The van der Waals surface area contributed by atoms with E-state index in [1.165, 1.54) is 0 Å². The third kappa shape index (κ3) is 2.71. The summed E-state index contributed by atoms with van der Waals surface area (Å²) in [6, 6.07) is 0.147. The Morgan fingerprint density at radius 1 is 1.24 bits per heavy atom. The lowest BCUT2D eigenvalue weighted by Crippen LogP contribution is -2.49. The predicted octanol–water partition coefficient (Wildman–Crippen LogP) is 2.45. The Morgan fingerprint density at radius 3 is 2.67 bits per heavy atom. The highest BCUT2D eigenvalue weighted by molar-refractivity contribution is 5.92. The predicted molar refractivity (Wildman–Crippen MR) is 78.0 cm³/mol. The lowest BCUT2D eigenvalue weighted by molar-refractivity contribution is 0.0264. The second-order valence-corrected chi connectivity index (χ2v) is 6.37. The van der Waals surface area contributed by atoms with Gasteiger partial charge in [0.05, 0.1) is 11.8 Å². The number of carbonyl (C=O) groups excluding carboxylic acids is 1. The molecule has 2 fully saturated rings. The SMILES string of the molecule is Cc1nc(C)c(C(=O)N2CCCCC2C2CCCC2O)o1. The summed E-state index contributed by atoms with van der Waals surface area (Å²) in [5, 5.41) is 10.2. The van der Waals surface area contributed by atoms with Gasteiger partial charge in [-0.15, -0.1) is 0 Å². The van der Waals surface area contributed by atoms with Crippen molar-refractivity contribution in [3.63, 3.8) is 0 Å². The number of aromatic nitrogens is 1. The number of hydrogen-bond donors (Lipinski definition) is 1. The fourth-order valence-electron chi connectivity index (χ4n) is 3.93. The van der Waals surface area contributed by atoms with Crippen LogP contribution in [0.15, 0.2) is 4.42 Å². The van der Waals surface area contributed by atoms with Crippen molar-refractivity contribution in [1.82, 2.24) is 9.88 Å². The molecule has 3 atom stereocenters. The van der Waals surface area contributed by atoms with E-state index in [9.17, 15) is 9.90 Å². The maximum atomic E-state index is 12.8. The van der Waals surface area contributed by atoms with Crippen molar-refractivity contribution in [2.45, 2.75) is 64.5 Å². The molecule has 1 aliphatic heterocycles. The molecule has 3 unspecified atom stereocenters. The molecule has 3 rings (SSSR count). The molecule has 2 heterocycles. The number of aliphatic hydroxyl groups is 1. The summed E-state index contributed by atoms with van der Waals surface area (Å²) >= 11 is 0. The van der Waals surface area contributed by atoms with Crippen molar-refractivity contribution in [3.05, 3.63) is 17.3 Å². The summed E-state index contributed by atoms with van der Waals surface area (Å²) in [5.41, 5.74) is 0.661. The first kappa shape index (κ1) is 14.6. The van der Waals surface area contributed by atoms with E-state index < -0.39 is 0 Å². The summed E-state index contributed by atoms with van der Waals surface area (Å²) < 4.78 is 5.50. The van der Waals surface area contributed by atoms with E-state index in [-0.39, 0.29) is 24.0 Å². The number of aryl methyl sites for hydroxylation is 2. The number of aliphatic hydroxyl groups excluding tert-OH is 1. The summed E-state index contributed by atoms with van der Waals surface area (Å²) in [5.74, 6) is 1.06. The Bertz CT molecular complexity index is 526. The van der Waals surface area contributed by atoms with Crippen LogP contribution >= 0.6 is 0 Å². The van der Waals surface area contributed by atoms with Gasteiger partial charge in [-0.3, -0.25) is 4.79 Å². The minimum Gasteiger partial charge on any atom is -0.436 e. The van der Waals surface area contributed by atoms with E-state index in [0.717, 1.165) is 45.1 Å². The highest BCUT2D eigenvalue weighted by atomic mass is 16.4. The Morgan fingerprint density at radius 2 is 2.05 bits per heavy atom. The van der Waals surface area contributed by atoms with Gasteiger partial charge in [0.2, 0.25) is 5.76 Å². The monoisotopic (exact) mass is 292 g/mol. The van der Waals surface area contributed by atoms with Crippen molar-refractivity contribution >= 4 is 5.91 Å². The zero-order chi connectivity index (χ0) is 15.0. The minimum atomic E-state index is -0.263. The Labute approximate surface area is 125 Å². The van der Waals surface area contributed by atoms with E-state index in [1.807, 2.05) is 11.8 Å². The zero-order valence-electron chi connectivity index (χ0n) is 12.8. The van der Waals surface area contributed by atoms with Crippen LogP contribution in [0.5, 0.6) is 0 Å². The number of carbonyl (C=O) groups is 1. The summed E-state index contributed by atoms with van der Waals surface area (Å²) in [7, 11) is 0. The van der Waals surface area contributed by atoms with Crippen molar-refractivity contribution in [1.29, 1.82) is 0 Å². The average molecular weight is 292 g/mol. The van der Waals surface area contributed by atoms with Crippen molar-refractivity contribution in [2.75, 3.05) is 6.54 Å². The Balaban J connectivity index is 1.83. The molecule has 5 nitrogen and oxygen atoms in total. The first-order chi connectivity index (χ1) is 10.1. The molecule has 1 saturated heterocycles. The molecule has 0 spiro atoms. The topological polar surface area (TPSA) is 66.6 Å². The number of rotatable bonds is 2. The molecule has 0 aromatic carbocycles. The smallest absolute Gasteiger partial charge is 0.291 e. The molecule has 1 aliphatic carbocycles. The van der Waals surface area contributed by atoms with Crippen molar-refractivity contribution in [2.24, 2.45) is 5.92 Å². The van der Waals surface area contributed by atoms with Crippen LogP contribution in [-0.4, -0.2) is 39.6 Å². The quantitative estimate of drug-likeness (QED) is 0.909. The van der Waals surface area contributed by atoms with E-state index >= 15 is 0 Å². The molecule has 0 bridgehead atoms. The molecular formula is C16H24N2O3. The van der Waals surface area contributed by atoms with Gasteiger partial charge in [-0.05, 0) is 39.0 Å². The lowest BCUT2D eigenvalue weighted by Gasteiger charge is -2.40. The highest BCUT2D eigenvalue weighted by Gasteiger charge is 2.40. The van der Waals surface area contributed by atoms with E-state index in [1.54, 1.807) is 6.92 Å². The molecule has 1 aromatic rings. The minimum absolute atomic E-state index is 0.0584.